The molecule has 0 radical (unpaired) electrons. The summed E-state index contributed by atoms with van der Waals surface area (Å²) in [5.74, 6) is -1.16. The zero-order valence-corrected chi connectivity index (χ0v) is 15.1. The number of carboxylic acid groups (broad SMARTS) is 1. The summed E-state index contributed by atoms with van der Waals surface area (Å²) in [6, 6.07) is 6.04. The monoisotopic (exact) mass is 365 g/mol. The van der Waals surface area contributed by atoms with Gasteiger partial charge >= 0.3 is 5.97 Å². The normalized spacial score (nSPS) is 24.6. The second-order valence-electron chi connectivity index (χ2n) is 7.32. The van der Waals surface area contributed by atoms with Crippen LogP contribution in [0.25, 0.3) is 0 Å². The molecule has 7 heteroatoms. The third-order valence-corrected chi connectivity index (χ3v) is 7.73. The largest absolute Gasteiger partial charge is 0.481 e. The lowest BCUT2D eigenvalue weighted by Gasteiger charge is -2.20. The average Bonchev–Trinajstić information content (AvgIpc) is 3.25. The zero-order chi connectivity index (χ0) is 18.2. The van der Waals surface area contributed by atoms with E-state index in [4.69, 9.17) is 0 Å². The SMILES string of the molecule is CC1(C(=O)O)CCN(C(=O)c2ccc(S(=O)(=O)C3CCCC3)cc2)C1. The van der Waals surface area contributed by atoms with Gasteiger partial charge in [-0.05, 0) is 50.5 Å². The highest BCUT2D eigenvalue weighted by molar-refractivity contribution is 7.92. The topological polar surface area (TPSA) is 91.8 Å². The maximum atomic E-state index is 12.6. The number of carboxylic acids is 1. The van der Waals surface area contributed by atoms with Gasteiger partial charge in [0, 0.05) is 18.7 Å². The summed E-state index contributed by atoms with van der Waals surface area (Å²) in [4.78, 5) is 25.6. The van der Waals surface area contributed by atoms with E-state index in [0.717, 1.165) is 12.8 Å². The maximum Gasteiger partial charge on any atom is 0.311 e. The molecule has 25 heavy (non-hydrogen) atoms. The Bertz CT molecular complexity index is 780. The highest BCUT2D eigenvalue weighted by atomic mass is 32.2. The van der Waals surface area contributed by atoms with E-state index >= 15 is 0 Å². The van der Waals surface area contributed by atoms with E-state index < -0.39 is 21.2 Å². The quantitative estimate of drug-likeness (QED) is 0.884. The highest BCUT2D eigenvalue weighted by Gasteiger charge is 2.42. The molecule has 2 fully saturated rings. The van der Waals surface area contributed by atoms with E-state index in [1.54, 1.807) is 6.92 Å². The second-order valence-corrected chi connectivity index (χ2v) is 9.55. The fourth-order valence-electron chi connectivity index (χ4n) is 3.67. The number of sulfone groups is 1. The molecule has 0 spiro atoms. The van der Waals surface area contributed by atoms with Crippen LogP contribution < -0.4 is 0 Å². The van der Waals surface area contributed by atoms with Gasteiger partial charge in [-0.1, -0.05) is 12.8 Å². The number of hydrogen-bond donors (Lipinski definition) is 1. The lowest BCUT2D eigenvalue weighted by molar-refractivity contribution is -0.147. The molecule has 1 unspecified atom stereocenters. The molecule has 1 N–H and O–H groups in total. The van der Waals surface area contributed by atoms with Crippen molar-refractivity contribution in [2.75, 3.05) is 13.1 Å². The van der Waals surface area contributed by atoms with E-state index in [1.165, 1.54) is 29.2 Å². The Hall–Kier alpha value is -1.89. The number of hydrogen-bond acceptors (Lipinski definition) is 4. The van der Waals surface area contributed by atoms with Crippen molar-refractivity contribution in [2.45, 2.75) is 49.2 Å². The number of likely N-dealkylation sites (tertiary alicyclic amines) is 1. The van der Waals surface area contributed by atoms with Crippen LogP contribution in [0.4, 0.5) is 0 Å². The minimum absolute atomic E-state index is 0.170. The van der Waals surface area contributed by atoms with E-state index in [0.29, 0.717) is 31.4 Å². The van der Waals surface area contributed by atoms with Crippen LogP contribution in [-0.4, -0.2) is 48.6 Å². The maximum absolute atomic E-state index is 12.6. The number of rotatable bonds is 4. The molecule has 136 valence electrons. The molecule has 1 saturated carbocycles. The molecule has 1 heterocycles. The fourth-order valence-corrected chi connectivity index (χ4v) is 5.52. The Morgan fingerprint density at radius 2 is 1.76 bits per heavy atom. The first-order valence-corrected chi connectivity index (χ1v) is 10.2. The molecule has 3 rings (SSSR count). The van der Waals surface area contributed by atoms with Gasteiger partial charge in [-0.3, -0.25) is 9.59 Å². The number of carbonyl (C=O) groups excluding carboxylic acids is 1. The number of nitrogens with zero attached hydrogens (tertiary/aromatic N) is 1. The molecule has 1 aromatic rings. The number of amides is 1. The fraction of sp³-hybridized carbons (Fsp3) is 0.556. The van der Waals surface area contributed by atoms with Gasteiger partial charge in [-0.25, -0.2) is 8.42 Å². The van der Waals surface area contributed by atoms with E-state index in [1.807, 2.05) is 0 Å². The first kappa shape index (κ1) is 17.9. The van der Waals surface area contributed by atoms with Gasteiger partial charge in [-0.15, -0.1) is 0 Å². The Labute approximate surface area is 147 Å². The molecule has 1 aromatic carbocycles. The minimum atomic E-state index is -3.33. The molecule has 2 aliphatic rings. The van der Waals surface area contributed by atoms with Crippen molar-refractivity contribution >= 4 is 21.7 Å². The molecule has 0 aromatic heterocycles. The highest BCUT2D eigenvalue weighted by Crippen LogP contribution is 2.32. The molecule has 1 atom stereocenters. The van der Waals surface area contributed by atoms with E-state index in [2.05, 4.69) is 0 Å². The summed E-state index contributed by atoms with van der Waals surface area (Å²) in [6.45, 7) is 2.20. The van der Waals surface area contributed by atoms with Gasteiger partial charge in [0.25, 0.3) is 5.91 Å². The summed E-state index contributed by atoms with van der Waals surface area (Å²) < 4.78 is 25.1. The van der Waals surface area contributed by atoms with Gasteiger partial charge in [-0.2, -0.15) is 0 Å². The standard InChI is InChI=1S/C18H23NO5S/c1-18(17(21)22)10-11-19(12-18)16(20)13-6-8-15(9-7-13)25(23,24)14-4-2-3-5-14/h6-9,14H,2-5,10-12H2,1H3,(H,21,22). The van der Waals surface area contributed by atoms with Crippen molar-refractivity contribution in [3.05, 3.63) is 29.8 Å². The molecular formula is C18H23NO5S. The molecule has 1 aliphatic heterocycles. The molecule has 1 aliphatic carbocycles. The summed E-state index contributed by atoms with van der Waals surface area (Å²) in [6.07, 6.45) is 3.70. The van der Waals surface area contributed by atoms with Gasteiger partial charge in [0.2, 0.25) is 0 Å². The molecule has 1 saturated heterocycles. The predicted octanol–water partition coefficient (Wildman–Crippen LogP) is 2.34. The number of benzene rings is 1. The van der Waals surface area contributed by atoms with Crippen molar-refractivity contribution in [3.63, 3.8) is 0 Å². The Morgan fingerprint density at radius 1 is 1.16 bits per heavy atom. The Balaban J connectivity index is 1.74. The molecule has 0 bridgehead atoms. The van der Waals surface area contributed by atoms with Crippen LogP contribution in [0.3, 0.4) is 0 Å². The van der Waals surface area contributed by atoms with Crippen LogP contribution in [0, 0.1) is 5.41 Å². The van der Waals surface area contributed by atoms with Gasteiger partial charge in [0.15, 0.2) is 9.84 Å². The molecule has 1 amide bonds. The summed E-state index contributed by atoms with van der Waals surface area (Å²) in [7, 11) is -3.33. The second kappa shape index (κ2) is 6.44. The number of carbonyl (C=O) groups is 2. The van der Waals surface area contributed by atoms with Gasteiger partial charge in [0.05, 0.1) is 15.6 Å². The first-order chi connectivity index (χ1) is 11.7. The number of aliphatic carboxylic acids is 1. The zero-order valence-electron chi connectivity index (χ0n) is 14.3. The van der Waals surface area contributed by atoms with Crippen LogP contribution in [0.5, 0.6) is 0 Å². The smallest absolute Gasteiger partial charge is 0.311 e. The van der Waals surface area contributed by atoms with Crippen LogP contribution in [0.1, 0.15) is 49.4 Å². The van der Waals surface area contributed by atoms with Crippen LogP contribution in [0.15, 0.2) is 29.2 Å². The summed E-state index contributed by atoms with van der Waals surface area (Å²) in [5, 5.41) is 8.95. The lowest BCUT2D eigenvalue weighted by Crippen LogP contribution is -2.34. The molecule has 6 nitrogen and oxygen atoms in total. The third kappa shape index (κ3) is 3.29. The Kier molecular flexibility index (Phi) is 4.62. The van der Waals surface area contributed by atoms with Crippen LogP contribution in [-0.2, 0) is 14.6 Å². The van der Waals surface area contributed by atoms with Crippen molar-refractivity contribution in [1.29, 1.82) is 0 Å². The van der Waals surface area contributed by atoms with Crippen molar-refractivity contribution in [1.82, 2.24) is 4.90 Å². The summed E-state index contributed by atoms with van der Waals surface area (Å²) in [5.41, 5.74) is -0.526. The lowest BCUT2D eigenvalue weighted by atomic mass is 9.90. The molecular weight excluding hydrogens is 342 g/mol. The van der Waals surface area contributed by atoms with Gasteiger partial charge < -0.3 is 10.0 Å². The predicted molar refractivity (Wildman–Crippen MR) is 92.1 cm³/mol. The van der Waals surface area contributed by atoms with E-state index in [-0.39, 0.29) is 22.6 Å². The summed E-state index contributed by atoms with van der Waals surface area (Å²) >= 11 is 0. The average molecular weight is 365 g/mol. The third-order valence-electron chi connectivity index (χ3n) is 5.45. The van der Waals surface area contributed by atoms with Gasteiger partial charge in [0.1, 0.15) is 0 Å². The Morgan fingerprint density at radius 3 is 2.28 bits per heavy atom. The first-order valence-electron chi connectivity index (χ1n) is 8.61. The van der Waals surface area contributed by atoms with Crippen LogP contribution in [0.2, 0.25) is 0 Å². The minimum Gasteiger partial charge on any atom is -0.481 e. The van der Waals surface area contributed by atoms with Crippen LogP contribution >= 0.6 is 0 Å². The van der Waals surface area contributed by atoms with E-state index in [9.17, 15) is 23.1 Å². The van der Waals surface area contributed by atoms with Crippen molar-refractivity contribution < 1.29 is 23.1 Å². The van der Waals surface area contributed by atoms with Crippen molar-refractivity contribution in [2.24, 2.45) is 5.41 Å². The van der Waals surface area contributed by atoms with Crippen molar-refractivity contribution in [3.8, 4) is 0 Å².